The molecule has 0 heterocycles. The summed E-state index contributed by atoms with van der Waals surface area (Å²) in [5.74, 6) is -0.679. The molecule has 4 N–H and O–H groups in total. The van der Waals surface area contributed by atoms with Crippen LogP contribution in [0.1, 0.15) is 13.3 Å². The van der Waals surface area contributed by atoms with Crippen molar-refractivity contribution in [3.63, 3.8) is 0 Å². The van der Waals surface area contributed by atoms with Crippen LogP contribution >= 0.6 is 0 Å². The number of rotatable bonds is 3. The maximum absolute atomic E-state index is 10.4. The largest absolute Gasteiger partial charge is 0.436 e. The maximum Gasteiger partial charge on any atom is 0.405 e. The van der Waals surface area contributed by atoms with Crippen LogP contribution in [0.3, 0.4) is 0 Å². The number of carbonyl (C=O) groups is 2. The Morgan fingerprint density at radius 3 is 2.10 bits per heavy atom. The number of hydrogen-bond acceptors (Lipinski definition) is 3. The van der Waals surface area contributed by atoms with Gasteiger partial charge in [0.25, 0.3) is 5.91 Å². The smallest absolute Gasteiger partial charge is 0.405 e. The molecule has 0 saturated heterocycles. The van der Waals surface area contributed by atoms with Crippen LogP contribution in [-0.2, 0) is 9.53 Å². The van der Waals surface area contributed by atoms with Crippen molar-refractivity contribution in [2.75, 3.05) is 0 Å². The molecule has 0 spiro atoms. The molecule has 0 rings (SSSR count). The first-order valence-electron chi connectivity index (χ1n) is 2.83. The number of hydrogen-bond donors (Lipinski definition) is 2. The fourth-order valence-corrected chi connectivity index (χ4v) is 0.483. The molecule has 0 bridgehead atoms. The van der Waals surface area contributed by atoms with Gasteiger partial charge in [0.2, 0.25) is 0 Å². The van der Waals surface area contributed by atoms with Gasteiger partial charge < -0.3 is 16.2 Å². The summed E-state index contributed by atoms with van der Waals surface area (Å²) in [6.07, 6.45) is -1.53. The van der Waals surface area contributed by atoms with Crippen LogP contribution in [0.15, 0.2) is 0 Å². The van der Waals surface area contributed by atoms with Gasteiger partial charge in [-0.1, -0.05) is 6.92 Å². The number of ether oxygens (including phenoxy) is 1. The van der Waals surface area contributed by atoms with E-state index in [2.05, 4.69) is 10.5 Å². The Hall–Kier alpha value is -1.26. The fourth-order valence-electron chi connectivity index (χ4n) is 0.483. The summed E-state index contributed by atoms with van der Waals surface area (Å²) in [4.78, 5) is 20.4. The molecule has 0 aromatic heterocycles. The summed E-state index contributed by atoms with van der Waals surface area (Å²) >= 11 is 0. The highest BCUT2D eigenvalue weighted by Crippen LogP contribution is 1.95. The Bertz CT molecular complexity index is 146. The van der Waals surface area contributed by atoms with Crippen LogP contribution in [0.2, 0.25) is 0 Å². The molecule has 2 amide bonds. The molecule has 58 valence electrons. The zero-order valence-electron chi connectivity index (χ0n) is 5.66. The van der Waals surface area contributed by atoms with Crippen molar-refractivity contribution in [1.29, 1.82) is 0 Å². The molecule has 1 atom stereocenters. The molecule has 0 aliphatic carbocycles. The quantitative estimate of drug-likeness (QED) is 0.553. The van der Waals surface area contributed by atoms with Crippen molar-refractivity contribution in [2.45, 2.75) is 19.4 Å². The summed E-state index contributed by atoms with van der Waals surface area (Å²) in [6, 6.07) is 0. The van der Waals surface area contributed by atoms with Gasteiger partial charge in [-0.25, -0.2) is 4.79 Å². The van der Waals surface area contributed by atoms with Crippen LogP contribution in [0.4, 0.5) is 4.79 Å². The van der Waals surface area contributed by atoms with Crippen LogP contribution in [0.5, 0.6) is 0 Å². The zero-order chi connectivity index (χ0) is 8.15. The highest BCUT2D eigenvalue weighted by Gasteiger charge is 2.15. The van der Waals surface area contributed by atoms with E-state index in [1.807, 2.05) is 0 Å². The second-order valence-electron chi connectivity index (χ2n) is 1.74. The van der Waals surface area contributed by atoms with Gasteiger partial charge in [0, 0.05) is 0 Å². The maximum atomic E-state index is 10.4. The Kier molecular flexibility index (Phi) is 3.24. The first-order chi connectivity index (χ1) is 4.57. The lowest BCUT2D eigenvalue weighted by atomic mass is 10.3. The van der Waals surface area contributed by atoms with Gasteiger partial charge >= 0.3 is 6.09 Å². The van der Waals surface area contributed by atoms with E-state index in [9.17, 15) is 9.59 Å². The van der Waals surface area contributed by atoms with Crippen molar-refractivity contribution < 1.29 is 14.3 Å². The van der Waals surface area contributed by atoms with E-state index in [0.29, 0.717) is 6.42 Å². The summed E-state index contributed by atoms with van der Waals surface area (Å²) in [7, 11) is 0. The molecule has 5 nitrogen and oxygen atoms in total. The molecule has 0 aromatic carbocycles. The molecule has 0 aliphatic rings. The number of nitrogens with two attached hydrogens (primary N) is 2. The normalized spacial score (nSPS) is 12.1. The molecule has 0 aliphatic heterocycles. The van der Waals surface area contributed by atoms with Crippen LogP contribution in [0.25, 0.3) is 0 Å². The molecule has 10 heavy (non-hydrogen) atoms. The summed E-state index contributed by atoms with van der Waals surface area (Å²) in [6.45, 7) is 1.67. The second kappa shape index (κ2) is 3.71. The third-order valence-electron chi connectivity index (χ3n) is 0.947. The average Bonchev–Trinajstić information content (AvgIpc) is 1.81. The van der Waals surface area contributed by atoms with E-state index in [1.54, 1.807) is 6.92 Å². The summed E-state index contributed by atoms with van der Waals surface area (Å²) in [5, 5.41) is 0. The van der Waals surface area contributed by atoms with Crippen molar-refractivity contribution >= 4 is 12.0 Å². The summed E-state index contributed by atoms with van der Waals surface area (Å²) < 4.78 is 4.33. The van der Waals surface area contributed by atoms with Gasteiger partial charge in [-0.3, -0.25) is 4.79 Å². The Balaban J connectivity index is 3.83. The minimum atomic E-state index is -0.981. The van der Waals surface area contributed by atoms with E-state index in [0.717, 1.165) is 0 Å². The second-order valence-corrected chi connectivity index (χ2v) is 1.74. The van der Waals surface area contributed by atoms with Gasteiger partial charge in [0.15, 0.2) is 6.10 Å². The topological polar surface area (TPSA) is 95.4 Å². The Morgan fingerprint density at radius 1 is 1.50 bits per heavy atom. The van der Waals surface area contributed by atoms with Gasteiger partial charge in [0.05, 0.1) is 0 Å². The zero-order valence-corrected chi connectivity index (χ0v) is 5.66. The van der Waals surface area contributed by atoms with Gasteiger partial charge in [-0.15, -0.1) is 0 Å². The monoisotopic (exact) mass is 146 g/mol. The molecular formula is C5H10N2O3. The van der Waals surface area contributed by atoms with Crippen molar-refractivity contribution in [1.82, 2.24) is 0 Å². The van der Waals surface area contributed by atoms with Crippen molar-refractivity contribution in [3.05, 3.63) is 0 Å². The molecule has 1 unspecified atom stereocenters. The highest BCUT2D eigenvalue weighted by molar-refractivity contribution is 5.81. The van der Waals surface area contributed by atoms with Gasteiger partial charge in [-0.2, -0.15) is 0 Å². The van der Waals surface area contributed by atoms with E-state index < -0.39 is 18.1 Å². The predicted octanol–water partition coefficient (Wildman–Crippen LogP) is -0.654. The summed E-state index contributed by atoms with van der Waals surface area (Å²) in [5.41, 5.74) is 9.46. The van der Waals surface area contributed by atoms with Gasteiger partial charge in [0.1, 0.15) is 0 Å². The Labute approximate surface area is 58.3 Å². The SMILES string of the molecule is CCC(OC(N)=O)C(N)=O. The third kappa shape index (κ3) is 2.91. The Morgan fingerprint density at radius 2 is 2.00 bits per heavy atom. The lowest BCUT2D eigenvalue weighted by Gasteiger charge is -2.08. The van der Waals surface area contributed by atoms with Crippen LogP contribution < -0.4 is 11.5 Å². The number of amides is 2. The predicted molar refractivity (Wildman–Crippen MR) is 33.9 cm³/mol. The van der Waals surface area contributed by atoms with Crippen LogP contribution in [-0.4, -0.2) is 18.1 Å². The van der Waals surface area contributed by atoms with E-state index in [1.165, 1.54) is 0 Å². The highest BCUT2D eigenvalue weighted by atomic mass is 16.6. The standard InChI is InChI=1S/C5H10N2O3/c1-2-3(4(6)8)10-5(7)9/h3H,2H2,1H3,(H2,6,8)(H2,7,9). The first-order valence-corrected chi connectivity index (χ1v) is 2.83. The number of primary amides is 2. The molecule has 0 fully saturated rings. The molecule has 5 heteroatoms. The average molecular weight is 146 g/mol. The minimum absolute atomic E-state index is 0.346. The first kappa shape index (κ1) is 8.74. The lowest BCUT2D eigenvalue weighted by molar-refractivity contribution is -0.126. The van der Waals surface area contributed by atoms with Gasteiger partial charge in [-0.05, 0) is 6.42 Å². The third-order valence-corrected chi connectivity index (χ3v) is 0.947. The number of carbonyl (C=O) groups excluding carboxylic acids is 2. The van der Waals surface area contributed by atoms with E-state index >= 15 is 0 Å². The van der Waals surface area contributed by atoms with E-state index in [4.69, 9.17) is 5.73 Å². The molecule has 0 saturated carbocycles. The molecule has 0 radical (unpaired) electrons. The van der Waals surface area contributed by atoms with Crippen LogP contribution in [0, 0.1) is 0 Å². The lowest BCUT2D eigenvalue weighted by Crippen LogP contribution is -2.34. The van der Waals surface area contributed by atoms with Crippen molar-refractivity contribution in [2.24, 2.45) is 11.5 Å². The molecule has 0 aromatic rings. The fraction of sp³-hybridized carbons (Fsp3) is 0.600. The minimum Gasteiger partial charge on any atom is -0.436 e. The van der Waals surface area contributed by atoms with E-state index in [-0.39, 0.29) is 0 Å². The van der Waals surface area contributed by atoms with Crippen molar-refractivity contribution in [3.8, 4) is 0 Å². The molecular weight excluding hydrogens is 136 g/mol.